The maximum absolute atomic E-state index is 3.51. The van der Waals surface area contributed by atoms with Gasteiger partial charge in [-0.05, 0) is 36.9 Å². The van der Waals surface area contributed by atoms with Gasteiger partial charge in [-0.25, -0.2) is 0 Å². The van der Waals surface area contributed by atoms with E-state index >= 15 is 0 Å². The van der Waals surface area contributed by atoms with E-state index in [0.29, 0.717) is 18.0 Å². The number of nitrogens with one attached hydrogen (secondary N) is 1. The van der Waals surface area contributed by atoms with Crippen molar-refractivity contribution in [1.29, 1.82) is 0 Å². The van der Waals surface area contributed by atoms with E-state index < -0.39 is 0 Å². The number of hydrogen-bond donors (Lipinski definition) is 1. The quantitative estimate of drug-likeness (QED) is 0.725. The van der Waals surface area contributed by atoms with Gasteiger partial charge in [0.2, 0.25) is 0 Å². The van der Waals surface area contributed by atoms with Crippen LogP contribution in [0.3, 0.4) is 0 Å². The molecule has 0 aliphatic rings. The molecule has 1 aromatic carbocycles. The minimum atomic E-state index is 0.556. The van der Waals surface area contributed by atoms with Gasteiger partial charge in [0, 0.05) is 25.2 Å². The molecule has 2 atom stereocenters. The second-order valence-electron chi connectivity index (χ2n) is 6.53. The van der Waals surface area contributed by atoms with Gasteiger partial charge in [-0.15, -0.1) is 0 Å². The number of benzene rings is 1. The first kappa shape index (κ1) is 18.2. The third-order valence-electron chi connectivity index (χ3n) is 4.39. The predicted octanol–water partition coefficient (Wildman–Crippen LogP) is 4.41. The van der Waals surface area contributed by atoms with Crippen molar-refractivity contribution < 1.29 is 0 Å². The molecule has 120 valence electrons. The maximum atomic E-state index is 3.51. The van der Waals surface area contributed by atoms with Gasteiger partial charge in [-0.3, -0.25) is 4.90 Å². The first-order chi connectivity index (χ1) is 9.97. The molecule has 0 aromatic heterocycles. The van der Waals surface area contributed by atoms with Crippen molar-refractivity contribution in [3.05, 3.63) is 35.4 Å². The van der Waals surface area contributed by atoms with Crippen LogP contribution in [0.4, 0.5) is 0 Å². The molecule has 0 fully saturated rings. The molecule has 0 bridgehead atoms. The van der Waals surface area contributed by atoms with Crippen LogP contribution in [-0.2, 0) is 6.54 Å². The third kappa shape index (κ3) is 6.19. The van der Waals surface area contributed by atoms with Gasteiger partial charge >= 0.3 is 0 Å². The largest absolute Gasteiger partial charge is 0.314 e. The third-order valence-corrected chi connectivity index (χ3v) is 4.39. The normalized spacial score (nSPS) is 14.7. The van der Waals surface area contributed by atoms with Crippen LogP contribution in [0.2, 0.25) is 0 Å². The predicted molar refractivity (Wildman–Crippen MR) is 93.8 cm³/mol. The van der Waals surface area contributed by atoms with Gasteiger partial charge in [0.1, 0.15) is 0 Å². The Morgan fingerprint density at radius 3 is 2.10 bits per heavy atom. The lowest BCUT2D eigenvalue weighted by atomic mass is 9.99. The van der Waals surface area contributed by atoms with Crippen molar-refractivity contribution in [2.75, 3.05) is 13.1 Å². The van der Waals surface area contributed by atoms with Crippen molar-refractivity contribution in [1.82, 2.24) is 10.2 Å². The molecule has 1 aromatic rings. The van der Waals surface area contributed by atoms with Crippen LogP contribution in [0.5, 0.6) is 0 Å². The van der Waals surface area contributed by atoms with Crippen LogP contribution in [0.25, 0.3) is 0 Å². The highest BCUT2D eigenvalue weighted by atomic mass is 15.1. The van der Waals surface area contributed by atoms with E-state index in [0.717, 1.165) is 19.6 Å². The molecule has 0 aliphatic heterocycles. The van der Waals surface area contributed by atoms with E-state index in [-0.39, 0.29) is 0 Å². The van der Waals surface area contributed by atoms with Gasteiger partial charge in [0.25, 0.3) is 0 Å². The number of hydrogen-bond acceptors (Lipinski definition) is 2. The van der Waals surface area contributed by atoms with E-state index in [9.17, 15) is 0 Å². The molecule has 2 nitrogen and oxygen atoms in total. The lowest BCUT2D eigenvalue weighted by molar-refractivity contribution is 0.206. The number of nitrogens with zero attached hydrogens (tertiary/aromatic N) is 1. The summed E-state index contributed by atoms with van der Waals surface area (Å²) in [5.74, 6) is 0.568. The average Bonchev–Trinajstić information content (AvgIpc) is 2.50. The van der Waals surface area contributed by atoms with Gasteiger partial charge in [-0.1, -0.05) is 58.9 Å². The molecule has 2 unspecified atom stereocenters. The molecule has 0 radical (unpaired) electrons. The number of rotatable bonds is 9. The van der Waals surface area contributed by atoms with Gasteiger partial charge in [-0.2, -0.15) is 0 Å². The Morgan fingerprint density at radius 1 is 1.00 bits per heavy atom. The molecule has 0 heterocycles. The minimum absolute atomic E-state index is 0.556. The Labute approximate surface area is 131 Å². The van der Waals surface area contributed by atoms with Gasteiger partial charge in [0.05, 0.1) is 0 Å². The van der Waals surface area contributed by atoms with Crippen molar-refractivity contribution in [2.24, 2.45) is 0 Å². The topological polar surface area (TPSA) is 15.3 Å². The van der Waals surface area contributed by atoms with E-state index in [2.05, 4.69) is 76.0 Å². The zero-order valence-electron chi connectivity index (χ0n) is 14.8. The van der Waals surface area contributed by atoms with Crippen LogP contribution >= 0.6 is 0 Å². The van der Waals surface area contributed by atoms with E-state index in [1.54, 1.807) is 0 Å². The van der Waals surface area contributed by atoms with Gasteiger partial charge < -0.3 is 5.32 Å². The summed E-state index contributed by atoms with van der Waals surface area (Å²) in [5.41, 5.74) is 2.85. The zero-order valence-corrected chi connectivity index (χ0v) is 14.8. The Hall–Kier alpha value is -0.860. The molecule has 2 heteroatoms. The first-order valence-electron chi connectivity index (χ1n) is 8.54. The fourth-order valence-electron chi connectivity index (χ4n) is 2.55. The van der Waals surface area contributed by atoms with Crippen LogP contribution in [-0.4, -0.2) is 30.1 Å². The highest BCUT2D eigenvalue weighted by Gasteiger charge is 2.11. The van der Waals surface area contributed by atoms with Crippen LogP contribution in [0, 0.1) is 0 Å². The summed E-state index contributed by atoms with van der Waals surface area (Å²) < 4.78 is 0. The highest BCUT2D eigenvalue weighted by molar-refractivity contribution is 5.25. The molecule has 0 aliphatic carbocycles. The summed E-state index contributed by atoms with van der Waals surface area (Å²) in [7, 11) is 0. The average molecular weight is 290 g/mol. The fourth-order valence-corrected chi connectivity index (χ4v) is 2.55. The molecular formula is C19H34N2. The summed E-state index contributed by atoms with van der Waals surface area (Å²) in [6.07, 6.45) is 1.21. The second-order valence-corrected chi connectivity index (χ2v) is 6.53. The van der Waals surface area contributed by atoms with E-state index in [1.807, 2.05) is 0 Å². The molecule has 0 spiro atoms. The molecular weight excluding hydrogens is 256 g/mol. The lowest BCUT2D eigenvalue weighted by Crippen LogP contribution is -2.31. The molecule has 1 rings (SSSR count). The van der Waals surface area contributed by atoms with Gasteiger partial charge in [0.15, 0.2) is 0 Å². The monoisotopic (exact) mass is 290 g/mol. The highest BCUT2D eigenvalue weighted by Crippen LogP contribution is 2.17. The minimum Gasteiger partial charge on any atom is -0.314 e. The standard InChI is InChI=1S/C19H34N2/c1-7-17(6)21(8-2)14-18-9-11-19(12-10-18)16(5)13-20-15(3)4/h9-12,15-17,20H,7-8,13-14H2,1-6H3. The molecule has 0 amide bonds. The molecule has 21 heavy (non-hydrogen) atoms. The van der Waals surface area contributed by atoms with E-state index in [4.69, 9.17) is 0 Å². The summed E-state index contributed by atoms with van der Waals surface area (Å²) in [6, 6.07) is 10.4. The van der Waals surface area contributed by atoms with Crippen molar-refractivity contribution >= 4 is 0 Å². The smallest absolute Gasteiger partial charge is 0.0236 e. The van der Waals surface area contributed by atoms with Crippen molar-refractivity contribution in [3.8, 4) is 0 Å². The van der Waals surface area contributed by atoms with Crippen LogP contribution < -0.4 is 5.32 Å². The Bertz CT molecular complexity index is 383. The van der Waals surface area contributed by atoms with Crippen LogP contribution in [0.1, 0.15) is 65.0 Å². The SMILES string of the molecule is CCC(C)N(CC)Cc1ccc(C(C)CNC(C)C)cc1. The summed E-state index contributed by atoms with van der Waals surface area (Å²) in [5, 5.41) is 3.51. The first-order valence-corrected chi connectivity index (χ1v) is 8.54. The van der Waals surface area contributed by atoms with Crippen LogP contribution in [0.15, 0.2) is 24.3 Å². The lowest BCUT2D eigenvalue weighted by Gasteiger charge is -2.27. The van der Waals surface area contributed by atoms with Crippen molar-refractivity contribution in [3.63, 3.8) is 0 Å². The Morgan fingerprint density at radius 2 is 1.62 bits per heavy atom. The van der Waals surface area contributed by atoms with Crippen molar-refractivity contribution in [2.45, 2.75) is 72.5 Å². The van der Waals surface area contributed by atoms with E-state index in [1.165, 1.54) is 17.5 Å². The summed E-state index contributed by atoms with van der Waals surface area (Å²) in [6.45, 7) is 16.7. The zero-order chi connectivity index (χ0) is 15.8. The summed E-state index contributed by atoms with van der Waals surface area (Å²) >= 11 is 0. The summed E-state index contributed by atoms with van der Waals surface area (Å²) in [4.78, 5) is 2.54. The second kappa shape index (κ2) is 9.22. The Kier molecular flexibility index (Phi) is 7.98. The maximum Gasteiger partial charge on any atom is 0.0236 e. The Balaban J connectivity index is 2.60. The molecule has 0 saturated heterocycles. The molecule has 0 saturated carbocycles. The molecule has 1 N–H and O–H groups in total. The fraction of sp³-hybridized carbons (Fsp3) is 0.684.